The summed E-state index contributed by atoms with van der Waals surface area (Å²) in [6, 6.07) is 0. The van der Waals surface area contributed by atoms with Gasteiger partial charge in [-0.3, -0.25) is 4.68 Å². The Balaban J connectivity index is 2.07. The number of piperazine rings is 1. The molecule has 3 heterocycles. The van der Waals surface area contributed by atoms with E-state index in [1.165, 1.54) is 16.6 Å². The molecule has 0 unspecified atom stereocenters. The van der Waals surface area contributed by atoms with E-state index in [0.29, 0.717) is 0 Å². The lowest BCUT2D eigenvalue weighted by Crippen LogP contribution is -2.44. The van der Waals surface area contributed by atoms with Crippen LogP contribution in [0.4, 0.5) is 5.69 Å². The van der Waals surface area contributed by atoms with Crippen molar-refractivity contribution < 1.29 is 0 Å². The second-order valence-electron chi connectivity index (χ2n) is 5.09. The van der Waals surface area contributed by atoms with Crippen LogP contribution in [0.1, 0.15) is 5.56 Å². The van der Waals surface area contributed by atoms with Crippen molar-refractivity contribution in [3.8, 4) is 0 Å². The Bertz CT molecular complexity index is 566. The molecule has 0 saturated carbocycles. The van der Waals surface area contributed by atoms with E-state index in [9.17, 15) is 0 Å². The van der Waals surface area contributed by atoms with Crippen LogP contribution in [-0.4, -0.2) is 52.9 Å². The third-order valence-corrected chi connectivity index (χ3v) is 3.74. The maximum atomic E-state index is 4.47. The van der Waals surface area contributed by atoms with Gasteiger partial charge in [0.15, 0.2) is 5.65 Å². The molecule has 1 fully saturated rings. The van der Waals surface area contributed by atoms with E-state index in [0.717, 1.165) is 31.8 Å². The van der Waals surface area contributed by atoms with Crippen LogP contribution in [-0.2, 0) is 7.05 Å². The SMILES string of the molecule is Cc1cnc2c(cnn2C)c1N1CCN(C)CC1. The first-order valence-electron chi connectivity index (χ1n) is 6.37. The van der Waals surface area contributed by atoms with Gasteiger partial charge < -0.3 is 9.80 Å². The molecule has 0 bridgehead atoms. The Hall–Kier alpha value is -1.62. The summed E-state index contributed by atoms with van der Waals surface area (Å²) < 4.78 is 1.84. The molecule has 1 aliphatic rings. The average molecular weight is 245 g/mol. The molecule has 3 rings (SSSR count). The molecule has 2 aromatic rings. The fraction of sp³-hybridized carbons (Fsp3) is 0.538. The minimum atomic E-state index is 0.967. The van der Waals surface area contributed by atoms with Gasteiger partial charge in [0.1, 0.15) is 0 Å². The van der Waals surface area contributed by atoms with E-state index in [-0.39, 0.29) is 0 Å². The van der Waals surface area contributed by atoms with Crippen LogP contribution in [0.3, 0.4) is 0 Å². The van der Waals surface area contributed by atoms with Crippen molar-refractivity contribution in [2.75, 3.05) is 38.1 Å². The summed E-state index contributed by atoms with van der Waals surface area (Å²) in [5.41, 5.74) is 3.51. The van der Waals surface area contributed by atoms with Crippen LogP contribution >= 0.6 is 0 Å². The fourth-order valence-electron chi connectivity index (χ4n) is 2.63. The van der Waals surface area contributed by atoms with Crippen molar-refractivity contribution in [1.82, 2.24) is 19.7 Å². The number of hydrogen-bond donors (Lipinski definition) is 0. The van der Waals surface area contributed by atoms with Gasteiger partial charge in [0.2, 0.25) is 0 Å². The van der Waals surface area contributed by atoms with E-state index >= 15 is 0 Å². The number of fused-ring (bicyclic) bond motifs is 1. The van der Waals surface area contributed by atoms with Gasteiger partial charge >= 0.3 is 0 Å². The molecule has 96 valence electrons. The van der Waals surface area contributed by atoms with Gasteiger partial charge in [-0.15, -0.1) is 0 Å². The van der Waals surface area contributed by atoms with Crippen LogP contribution in [0.25, 0.3) is 11.0 Å². The summed E-state index contributed by atoms with van der Waals surface area (Å²) in [6.45, 7) is 6.51. The zero-order valence-electron chi connectivity index (χ0n) is 11.2. The van der Waals surface area contributed by atoms with E-state index in [1.54, 1.807) is 0 Å². The average Bonchev–Trinajstić information content (AvgIpc) is 2.73. The number of pyridine rings is 1. The summed E-state index contributed by atoms with van der Waals surface area (Å²) in [5, 5.41) is 5.49. The molecule has 0 N–H and O–H groups in total. The molecule has 0 spiro atoms. The highest BCUT2D eigenvalue weighted by Gasteiger charge is 2.19. The van der Waals surface area contributed by atoms with Gasteiger partial charge in [-0.1, -0.05) is 0 Å². The van der Waals surface area contributed by atoms with E-state index < -0.39 is 0 Å². The summed E-state index contributed by atoms with van der Waals surface area (Å²) in [4.78, 5) is 9.30. The first-order chi connectivity index (χ1) is 8.66. The van der Waals surface area contributed by atoms with Gasteiger partial charge in [0.25, 0.3) is 0 Å². The Labute approximate surface area is 107 Å². The molecule has 1 saturated heterocycles. The minimum absolute atomic E-state index is 0.967. The number of aryl methyl sites for hydroxylation is 2. The van der Waals surface area contributed by atoms with Gasteiger partial charge in [0.05, 0.1) is 17.3 Å². The monoisotopic (exact) mass is 245 g/mol. The number of aromatic nitrogens is 3. The summed E-state index contributed by atoms with van der Waals surface area (Å²) in [7, 11) is 4.12. The molecule has 18 heavy (non-hydrogen) atoms. The molecule has 0 radical (unpaired) electrons. The Morgan fingerprint density at radius 3 is 2.50 bits per heavy atom. The maximum Gasteiger partial charge on any atom is 0.159 e. The Kier molecular flexibility index (Phi) is 2.70. The molecule has 5 nitrogen and oxygen atoms in total. The standard InChI is InChI=1S/C13H19N5/c1-10-8-14-13-11(9-15-17(13)3)12(10)18-6-4-16(2)5-7-18/h8-9H,4-7H2,1-3H3. The molecule has 1 aliphatic heterocycles. The third kappa shape index (κ3) is 1.75. The maximum absolute atomic E-state index is 4.47. The lowest BCUT2D eigenvalue weighted by molar-refractivity contribution is 0.313. The minimum Gasteiger partial charge on any atom is -0.368 e. The van der Waals surface area contributed by atoms with Crippen LogP contribution in [0.2, 0.25) is 0 Å². The number of anilines is 1. The van der Waals surface area contributed by atoms with Crippen molar-refractivity contribution in [3.05, 3.63) is 18.0 Å². The quantitative estimate of drug-likeness (QED) is 0.752. The van der Waals surface area contributed by atoms with Crippen molar-refractivity contribution >= 4 is 16.7 Å². The number of likely N-dealkylation sites (N-methyl/N-ethyl adjacent to an activating group) is 1. The van der Waals surface area contributed by atoms with Crippen LogP contribution in [0.5, 0.6) is 0 Å². The molecule has 5 heteroatoms. The third-order valence-electron chi connectivity index (χ3n) is 3.74. The molecular formula is C13H19N5. The molecule has 0 aromatic carbocycles. The summed E-state index contributed by atoms with van der Waals surface area (Å²) >= 11 is 0. The summed E-state index contributed by atoms with van der Waals surface area (Å²) in [6.07, 6.45) is 3.89. The van der Waals surface area contributed by atoms with E-state index in [4.69, 9.17) is 0 Å². The van der Waals surface area contributed by atoms with Crippen LogP contribution < -0.4 is 4.90 Å². The van der Waals surface area contributed by atoms with Gasteiger partial charge in [-0.05, 0) is 19.5 Å². The van der Waals surface area contributed by atoms with E-state index in [1.807, 2.05) is 24.1 Å². The predicted molar refractivity (Wildman–Crippen MR) is 73.0 cm³/mol. The van der Waals surface area contributed by atoms with Gasteiger partial charge in [-0.2, -0.15) is 5.10 Å². The Morgan fingerprint density at radius 1 is 1.06 bits per heavy atom. The number of hydrogen-bond acceptors (Lipinski definition) is 4. The second-order valence-corrected chi connectivity index (χ2v) is 5.09. The Morgan fingerprint density at radius 2 is 1.78 bits per heavy atom. The number of nitrogens with zero attached hydrogens (tertiary/aromatic N) is 5. The predicted octanol–water partition coefficient (Wildman–Crippen LogP) is 1.03. The number of rotatable bonds is 1. The van der Waals surface area contributed by atoms with Gasteiger partial charge in [-0.25, -0.2) is 4.98 Å². The first-order valence-corrected chi connectivity index (χ1v) is 6.37. The zero-order valence-corrected chi connectivity index (χ0v) is 11.2. The second kappa shape index (κ2) is 4.24. The molecular weight excluding hydrogens is 226 g/mol. The van der Waals surface area contributed by atoms with Crippen molar-refractivity contribution in [2.45, 2.75) is 6.92 Å². The van der Waals surface area contributed by atoms with E-state index in [2.05, 4.69) is 33.9 Å². The highest BCUT2D eigenvalue weighted by Crippen LogP contribution is 2.29. The lowest BCUT2D eigenvalue weighted by atomic mass is 10.1. The smallest absolute Gasteiger partial charge is 0.159 e. The van der Waals surface area contributed by atoms with Crippen molar-refractivity contribution in [2.24, 2.45) is 7.05 Å². The van der Waals surface area contributed by atoms with Crippen molar-refractivity contribution in [3.63, 3.8) is 0 Å². The van der Waals surface area contributed by atoms with Crippen LogP contribution in [0, 0.1) is 6.92 Å². The molecule has 2 aromatic heterocycles. The molecule has 0 aliphatic carbocycles. The molecule has 0 atom stereocenters. The normalized spacial score (nSPS) is 17.6. The molecule has 0 amide bonds. The highest BCUT2D eigenvalue weighted by molar-refractivity contribution is 5.91. The largest absolute Gasteiger partial charge is 0.368 e. The van der Waals surface area contributed by atoms with Gasteiger partial charge in [0, 0.05) is 39.4 Å². The highest BCUT2D eigenvalue weighted by atomic mass is 15.3. The topological polar surface area (TPSA) is 37.2 Å². The first kappa shape index (κ1) is 11.5. The van der Waals surface area contributed by atoms with Crippen LogP contribution in [0.15, 0.2) is 12.4 Å². The zero-order chi connectivity index (χ0) is 12.7. The fourth-order valence-corrected chi connectivity index (χ4v) is 2.63. The summed E-state index contributed by atoms with van der Waals surface area (Å²) in [5.74, 6) is 0. The lowest BCUT2D eigenvalue weighted by Gasteiger charge is -2.35. The van der Waals surface area contributed by atoms with Crippen molar-refractivity contribution in [1.29, 1.82) is 0 Å².